The summed E-state index contributed by atoms with van der Waals surface area (Å²) in [6.45, 7) is 4.23. The molecule has 0 amide bonds. The normalized spacial score (nSPS) is 10.6. The fourth-order valence-corrected chi connectivity index (χ4v) is 2.27. The lowest BCUT2D eigenvalue weighted by Crippen LogP contribution is -1.99. The van der Waals surface area contributed by atoms with Crippen LogP contribution in [-0.2, 0) is 10.5 Å². The summed E-state index contributed by atoms with van der Waals surface area (Å²) in [6, 6.07) is 6.03. The maximum atomic E-state index is 10.4. The van der Waals surface area contributed by atoms with Gasteiger partial charge >= 0.3 is 5.97 Å². The van der Waals surface area contributed by atoms with E-state index in [-0.39, 0.29) is 5.75 Å². The monoisotopic (exact) mass is 254 g/mol. The van der Waals surface area contributed by atoms with E-state index in [1.807, 2.05) is 12.1 Å². The van der Waals surface area contributed by atoms with E-state index in [9.17, 15) is 4.79 Å². The van der Waals surface area contributed by atoms with E-state index in [1.165, 1.54) is 17.3 Å². The van der Waals surface area contributed by atoms with Gasteiger partial charge in [0.15, 0.2) is 0 Å². The molecule has 94 valence electrons. The third-order valence-corrected chi connectivity index (χ3v) is 3.40. The Bertz CT molecular complexity index is 388. The van der Waals surface area contributed by atoms with Crippen molar-refractivity contribution >= 4 is 17.7 Å². The molecule has 0 bridgehead atoms. The maximum absolute atomic E-state index is 10.4. The maximum Gasteiger partial charge on any atom is 0.313 e. The van der Waals surface area contributed by atoms with Crippen LogP contribution < -0.4 is 4.74 Å². The molecule has 1 aromatic carbocycles. The Balaban J connectivity index is 2.74. The zero-order valence-corrected chi connectivity index (χ0v) is 11.2. The molecule has 4 heteroatoms. The minimum absolute atomic E-state index is 0.142. The summed E-state index contributed by atoms with van der Waals surface area (Å²) in [5, 5.41) is 8.58. The van der Waals surface area contributed by atoms with Crippen LogP contribution in [0.4, 0.5) is 0 Å². The van der Waals surface area contributed by atoms with Crippen LogP contribution in [0.25, 0.3) is 0 Å². The number of hydrogen-bond acceptors (Lipinski definition) is 3. The number of aliphatic carboxylic acids is 1. The van der Waals surface area contributed by atoms with Gasteiger partial charge in [0.25, 0.3) is 0 Å². The predicted molar refractivity (Wildman–Crippen MR) is 70.9 cm³/mol. The summed E-state index contributed by atoms with van der Waals surface area (Å²) in [5.74, 6) is 1.38. The molecule has 0 aliphatic carbocycles. The second-order valence-corrected chi connectivity index (χ2v) is 5.10. The lowest BCUT2D eigenvalue weighted by molar-refractivity contribution is -0.133. The molecular formula is C13H18O3S. The third kappa shape index (κ3) is 4.30. The molecule has 0 saturated heterocycles. The van der Waals surface area contributed by atoms with Gasteiger partial charge in [0.05, 0.1) is 12.9 Å². The molecule has 0 aliphatic rings. The lowest BCUT2D eigenvalue weighted by atomic mass is 10.00. The average Bonchev–Trinajstić information content (AvgIpc) is 2.28. The standard InChI is InChI=1S/C13H18O3S/c1-9(2)11-6-10(4-5-12(11)16-3)7-17-8-13(14)15/h4-6,9H,7-8H2,1-3H3,(H,14,15). The first-order chi connectivity index (χ1) is 8.04. The first-order valence-electron chi connectivity index (χ1n) is 5.51. The molecule has 17 heavy (non-hydrogen) atoms. The summed E-state index contributed by atoms with van der Waals surface area (Å²) >= 11 is 1.41. The largest absolute Gasteiger partial charge is 0.496 e. The van der Waals surface area contributed by atoms with Crippen molar-refractivity contribution in [2.45, 2.75) is 25.5 Å². The van der Waals surface area contributed by atoms with Crippen molar-refractivity contribution < 1.29 is 14.6 Å². The Hall–Kier alpha value is -1.16. The van der Waals surface area contributed by atoms with Gasteiger partial charge in [-0.05, 0) is 23.1 Å². The fraction of sp³-hybridized carbons (Fsp3) is 0.462. The molecule has 3 nitrogen and oxygen atoms in total. The van der Waals surface area contributed by atoms with Crippen LogP contribution in [0.5, 0.6) is 5.75 Å². The van der Waals surface area contributed by atoms with Gasteiger partial charge in [0.2, 0.25) is 0 Å². The van der Waals surface area contributed by atoms with Crippen molar-refractivity contribution in [3.8, 4) is 5.75 Å². The van der Waals surface area contributed by atoms with Crippen LogP contribution in [0.1, 0.15) is 30.9 Å². The second kappa shape index (κ2) is 6.55. The first-order valence-corrected chi connectivity index (χ1v) is 6.66. The van der Waals surface area contributed by atoms with Crippen molar-refractivity contribution in [1.82, 2.24) is 0 Å². The van der Waals surface area contributed by atoms with Crippen LogP contribution >= 0.6 is 11.8 Å². The molecule has 0 heterocycles. The number of thioether (sulfide) groups is 1. The van der Waals surface area contributed by atoms with Crippen molar-refractivity contribution in [3.05, 3.63) is 29.3 Å². The smallest absolute Gasteiger partial charge is 0.313 e. The Morgan fingerprint density at radius 1 is 1.47 bits per heavy atom. The van der Waals surface area contributed by atoms with Gasteiger partial charge in [-0.2, -0.15) is 0 Å². The molecular weight excluding hydrogens is 236 g/mol. The quantitative estimate of drug-likeness (QED) is 0.847. The van der Waals surface area contributed by atoms with Crippen molar-refractivity contribution in [3.63, 3.8) is 0 Å². The minimum Gasteiger partial charge on any atom is -0.496 e. The second-order valence-electron chi connectivity index (χ2n) is 4.12. The fourth-order valence-electron chi connectivity index (χ4n) is 1.58. The zero-order chi connectivity index (χ0) is 12.8. The summed E-state index contributed by atoms with van der Waals surface area (Å²) in [4.78, 5) is 10.4. The van der Waals surface area contributed by atoms with Gasteiger partial charge in [-0.25, -0.2) is 0 Å². The van der Waals surface area contributed by atoms with Crippen LogP contribution in [-0.4, -0.2) is 23.9 Å². The van der Waals surface area contributed by atoms with Gasteiger partial charge in [-0.1, -0.05) is 26.0 Å². The highest BCUT2D eigenvalue weighted by Crippen LogP contribution is 2.28. The molecule has 0 radical (unpaired) electrons. The van der Waals surface area contributed by atoms with Crippen LogP contribution in [0.15, 0.2) is 18.2 Å². The highest BCUT2D eigenvalue weighted by atomic mass is 32.2. The number of methoxy groups -OCH3 is 1. The molecule has 0 aromatic heterocycles. The number of carbonyl (C=O) groups is 1. The summed E-state index contributed by atoms with van der Waals surface area (Å²) in [5.41, 5.74) is 2.31. The van der Waals surface area contributed by atoms with Gasteiger partial charge < -0.3 is 9.84 Å². The number of benzene rings is 1. The topological polar surface area (TPSA) is 46.5 Å². The minimum atomic E-state index is -0.771. The first kappa shape index (κ1) is 13.9. The van der Waals surface area contributed by atoms with Gasteiger partial charge in [-0.3, -0.25) is 4.79 Å². The summed E-state index contributed by atoms with van der Waals surface area (Å²) < 4.78 is 5.30. The predicted octanol–water partition coefficient (Wildman–Crippen LogP) is 3.14. The number of ether oxygens (including phenoxy) is 1. The van der Waals surface area contributed by atoms with Crippen molar-refractivity contribution in [1.29, 1.82) is 0 Å². The third-order valence-electron chi connectivity index (χ3n) is 2.41. The molecule has 0 spiro atoms. The van der Waals surface area contributed by atoms with Crippen molar-refractivity contribution in [2.75, 3.05) is 12.9 Å². The Morgan fingerprint density at radius 3 is 2.71 bits per heavy atom. The van der Waals surface area contributed by atoms with E-state index in [0.717, 1.165) is 17.1 Å². The van der Waals surface area contributed by atoms with E-state index in [4.69, 9.17) is 9.84 Å². The number of carboxylic acids is 1. The van der Waals surface area contributed by atoms with E-state index in [2.05, 4.69) is 19.9 Å². The molecule has 0 aliphatic heterocycles. The summed E-state index contributed by atoms with van der Waals surface area (Å²) in [6.07, 6.45) is 0. The van der Waals surface area contributed by atoms with E-state index >= 15 is 0 Å². The molecule has 0 atom stereocenters. The van der Waals surface area contributed by atoms with Crippen LogP contribution in [0, 0.1) is 0 Å². The zero-order valence-electron chi connectivity index (χ0n) is 10.4. The average molecular weight is 254 g/mol. The van der Waals surface area contributed by atoms with E-state index in [1.54, 1.807) is 7.11 Å². The number of rotatable bonds is 6. The van der Waals surface area contributed by atoms with Gasteiger partial charge in [0, 0.05) is 5.75 Å². The Labute approximate surface area is 106 Å². The van der Waals surface area contributed by atoms with Gasteiger partial charge in [0.1, 0.15) is 5.75 Å². The van der Waals surface area contributed by atoms with Crippen LogP contribution in [0.2, 0.25) is 0 Å². The molecule has 1 N–H and O–H groups in total. The van der Waals surface area contributed by atoms with Gasteiger partial charge in [-0.15, -0.1) is 11.8 Å². The highest BCUT2D eigenvalue weighted by molar-refractivity contribution is 7.99. The molecule has 0 fully saturated rings. The Kier molecular flexibility index (Phi) is 5.35. The summed E-state index contributed by atoms with van der Waals surface area (Å²) in [7, 11) is 1.67. The van der Waals surface area contributed by atoms with E-state index < -0.39 is 5.97 Å². The SMILES string of the molecule is COc1ccc(CSCC(=O)O)cc1C(C)C. The lowest BCUT2D eigenvalue weighted by Gasteiger charge is -2.13. The Morgan fingerprint density at radius 2 is 2.18 bits per heavy atom. The van der Waals surface area contributed by atoms with Crippen molar-refractivity contribution in [2.24, 2.45) is 0 Å². The molecule has 0 saturated carbocycles. The number of carboxylic acid groups (broad SMARTS) is 1. The molecule has 1 aromatic rings. The van der Waals surface area contributed by atoms with Crippen LogP contribution in [0.3, 0.4) is 0 Å². The number of hydrogen-bond donors (Lipinski definition) is 1. The molecule has 0 unspecified atom stereocenters. The molecule has 1 rings (SSSR count). The van der Waals surface area contributed by atoms with E-state index in [0.29, 0.717) is 5.92 Å². The highest BCUT2D eigenvalue weighted by Gasteiger charge is 2.08.